The molecule has 9 aromatic rings. The number of anilines is 4. The number of nitrogens with zero attached hydrogens (tertiary/aromatic N) is 2. The zero-order valence-electron chi connectivity index (χ0n) is 48.0. The van der Waals surface area contributed by atoms with Crippen molar-refractivity contribution in [3.63, 3.8) is 0 Å². The zero-order valence-corrected chi connectivity index (χ0v) is 52.9. The molecule has 1 amide bonds. The van der Waals surface area contributed by atoms with Crippen molar-refractivity contribution in [3.05, 3.63) is 215 Å². The highest BCUT2D eigenvalue weighted by molar-refractivity contribution is 7.93. The van der Waals surface area contributed by atoms with E-state index in [0.717, 1.165) is 39.5 Å². The van der Waals surface area contributed by atoms with Gasteiger partial charge in [-0.1, -0.05) is 72.8 Å². The molecule has 0 unspecified atom stereocenters. The molecule has 21 nitrogen and oxygen atoms in total. The van der Waals surface area contributed by atoms with E-state index < -0.39 is 31.9 Å². The molecule has 5 aromatic carbocycles. The summed E-state index contributed by atoms with van der Waals surface area (Å²) >= 11 is 5.26. The van der Waals surface area contributed by atoms with Crippen LogP contribution >= 0.6 is 45.3 Å². The highest BCUT2D eigenvalue weighted by atomic mass is 32.2. The van der Waals surface area contributed by atoms with E-state index in [1.807, 2.05) is 78.2 Å². The fourth-order valence-electron chi connectivity index (χ4n) is 7.53. The van der Waals surface area contributed by atoms with Gasteiger partial charge in [0.25, 0.3) is 26.0 Å². The Hall–Kier alpha value is -8.80. The predicted molar refractivity (Wildman–Crippen MR) is 339 cm³/mol. The quantitative estimate of drug-likeness (QED) is 0.0205. The van der Waals surface area contributed by atoms with Crippen LogP contribution in [0.2, 0.25) is 0 Å². The maximum Gasteiger partial charge on any atom is 0.340 e. The van der Waals surface area contributed by atoms with Crippen molar-refractivity contribution in [2.45, 2.75) is 29.4 Å². The molecule has 87 heavy (non-hydrogen) atoms. The first-order valence-corrected chi connectivity index (χ1v) is 32.0. The first-order chi connectivity index (χ1) is 41.9. The van der Waals surface area contributed by atoms with E-state index in [1.165, 1.54) is 115 Å². The van der Waals surface area contributed by atoms with Gasteiger partial charge in [-0.2, -0.15) is 0 Å². The van der Waals surface area contributed by atoms with Crippen LogP contribution in [0.5, 0.6) is 17.2 Å². The Kier molecular flexibility index (Phi) is 27.3. The third kappa shape index (κ3) is 18.8. The van der Waals surface area contributed by atoms with Crippen LogP contribution in [0, 0.1) is 0 Å². The van der Waals surface area contributed by atoms with Crippen molar-refractivity contribution in [2.24, 2.45) is 0 Å². The fraction of sp³-hybridized carbons (Fsp3) is 0.167. The monoisotopic (exact) mass is 1300 g/mol. The molecule has 6 N–H and O–H groups in total. The Morgan fingerprint density at radius 3 is 1.24 bits per heavy atom. The lowest BCUT2D eigenvalue weighted by atomic mass is 10.2. The number of nitrogens with one attached hydrogen (secondary N) is 2. The zero-order chi connectivity index (χ0) is 63.5. The van der Waals surface area contributed by atoms with Gasteiger partial charge < -0.3 is 44.6 Å². The summed E-state index contributed by atoms with van der Waals surface area (Å²) in [5, 5.41) is 32.6. The Morgan fingerprint density at radius 1 is 0.460 bits per heavy atom. The van der Waals surface area contributed by atoms with Gasteiger partial charge in [-0.05, 0) is 77.4 Å². The van der Waals surface area contributed by atoms with Crippen LogP contribution in [0.15, 0.2) is 186 Å². The molecule has 0 aliphatic rings. The van der Waals surface area contributed by atoms with Gasteiger partial charge in [-0.3, -0.25) is 18.6 Å². The van der Waals surface area contributed by atoms with E-state index in [1.54, 1.807) is 81.3 Å². The third-order valence-electron chi connectivity index (χ3n) is 12.0. The molecule has 0 fully saturated rings. The van der Waals surface area contributed by atoms with Crippen molar-refractivity contribution in [1.29, 1.82) is 0 Å². The number of hydroxylamine groups is 1. The predicted octanol–water partition coefficient (Wildman–Crippen LogP) is 11.1. The Labute approximate surface area is 520 Å². The van der Waals surface area contributed by atoms with Crippen molar-refractivity contribution >= 4 is 112 Å². The van der Waals surface area contributed by atoms with Crippen LogP contribution in [-0.2, 0) is 53.9 Å². The molecule has 0 aliphatic heterocycles. The number of carbonyl (C=O) groups excluding carboxylic acids is 4. The Morgan fingerprint density at radius 2 is 0.828 bits per heavy atom. The summed E-state index contributed by atoms with van der Waals surface area (Å²) in [5.74, 6) is -0.144. The van der Waals surface area contributed by atoms with Gasteiger partial charge in [-0.25, -0.2) is 36.7 Å². The van der Waals surface area contributed by atoms with Crippen molar-refractivity contribution in [2.75, 3.05) is 69.4 Å². The van der Waals surface area contributed by atoms with E-state index in [0.29, 0.717) is 34.9 Å². The SMILES string of the molecule is CO.COC(=O)c1cscc1N.COC(=O)c1cscc1N(Cc1ccccc1)S(=O)(=O)c1ccc(OC)cc1.COC(=O)c1cscc1NCc1ccc(OC)cc1.COc1ccc(S(=O)(=O)N(Cc2ccccc2)c2cscc2C(=O)NO)cc1. The van der Waals surface area contributed by atoms with Crippen LogP contribution in [0.1, 0.15) is 58.1 Å². The van der Waals surface area contributed by atoms with E-state index in [4.69, 9.17) is 39.7 Å². The van der Waals surface area contributed by atoms with E-state index >= 15 is 0 Å². The van der Waals surface area contributed by atoms with Crippen LogP contribution in [0.25, 0.3) is 0 Å². The number of methoxy groups -OCH3 is 6. The summed E-state index contributed by atoms with van der Waals surface area (Å²) in [5.41, 5.74) is 12.7. The van der Waals surface area contributed by atoms with Crippen molar-refractivity contribution < 1.29 is 74.7 Å². The number of amides is 1. The van der Waals surface area contributed by atoms with E-state index in [2.05, 4.69) is 10.1 Å². The number of rotatable bonds is 20. The van der Waals surface area contributed by atoms with E-state index in [-0.39, 0.29) is 57.3 Å². The molecule has 0 saturated heterocycles. The summed E-state index contributed by atoms with van der Waals surface area (Å²) in [6, 6.07) is 38.2. The minimum Gasteiger partial charge on any atom is -0.497 e. The lowest BCUT2D eigenvalue weighted by Crippen LogP contribution is -2.32. The lowest BCUT2D eigenvalue weighted by Gasteiger charge is -2.25. The maximum absolute atomic E-state index is 13.4. The number of ether oxygens (including phenoxy) is 6. The number of aliphatic hydroxyl groups excluding tert-OH is 1. The number of nitrogens with two attached hydrogens (primary N) is 1. The van der Waals surface area contributed by atoms with Gasteiger partial charge in [0, 0.05) is 56.7 Å². The maximum atomic E-state index is 13.4. The Bertz CT molecular complexity index is 3650. The largest absolute Gasteiger partial charge is 0.497 e. The van der Waals surface area contributed by atoms with Gasteiger partial charge in [-0.15, -0.1) is 45.3 Å². The molecule has 0 radical (unpaired) electrons. The first kappa shape index (κ1) is 69.0. The number of carbonyl (C=O) groups is 4. The number of nitrogen functional groups attached to an aromatic ring is 1. The lowest BCUT2D eigenvalue weighted by molar-refractivity contribution is 0.0593. The normalized spacial score (nSPS) is 10.4. The second-order valence-electron chi connectivity index (χ2n) is 17.2. The van der Waals surface area contributed by atoms with Crippen molar-refractivity contribution in [3.8, 4) is 17.2 Å². The molecule has 460 valence electrons. The molecular formula is C60H63N5O16S6. The van der Waals surface area contributed by atoms with Gasteiger partial charge in [0.15, 0.2) is 0 Å². The molecule has 0 atom stereocenters. The average molecular weight is 1300 g/mol. The molecule has 4 heterocycles. The second-order valence-corrected chi connectivity index (χ2v) is 23.9. The number of aliphatic hydroxyl groups is 1. The number of thiophene rings is 4. The smallest absolute Gasteiger partial charge is 0.340 e. The van der Waals surface area contributed by atoms with E-state index in [9.17, 15) is 36.0 Å². The topological polar surface area (TPSA) is 289 Å². The number of esters is 3. The molecular weight excluding hydrogens is 1240 g/mol. The number of benzene rings is 5. The third-order valence-corrected chi connectivity index (χ3v) is 18.5. The molecule has 27 heteroatoms. The molecule has 0 spiro atoms. The first-order valence-electron chi connectivity index (χ1n) is 25.4. The van der Waals surface area contributed by atoms with Gasteiger partial charge >= 0.3 is 17.9 Å². The molecule has 0 aliphatic carbocycles. The number of sulfonamides is 2. The minimum atomic E-state index is -3.99. The number of hydrogen-bond donors (Lipinski definition) is 5. The van der Waals surface area contributed by atoms with Gasteiger partial charge in [0.1, 0.15) is 17.2 Å². The number of hydrogen-bond acceptors (Lipinski definition) is 22. The highest BCUT2D eigenvalue weighted by Crippen LogP contribution is 2.35. The van der Waals surface area contributed by atoms with Crippen molar-refractivity contribution in [1.82, 2.24) is 5.48 Å². The van der Waals surface area contributed by atoms with Crippen LogP contribution < -0.4 is 39.4 Å². The van der Waals surface area contributed by atoms with Crippen LogP contribution in [0.3, 0.4) is 0 Å². The second kappa shape index (κ2) is 34.4. The van der Waals surface area contributed by atoms with Crippen LogP contribution in [-0.4, -0.2) is 101 Å². The standard InChI is InChI=1S/C20H19NO5S2.C19H18N2O5S2.C14H15NO3S.C6H7NO2S.CH4O/c1-25-16-8-10-17(11-9-16)28(23,24)21(12-15-6-4-3-5-7-15)19-14-27-13-18(19)20(22)26-2;1-26-15-7-9-16(10-8-15)28(24,25)21(11-14-5-3-2-4-6-14)18-13-27-12-17(18)19(22)20-23;1-17-11-5-3-10(4-6-11)7-15-13-9-19-8-12(13)14(16)18-2;1-9-6(8)4-2-10-3-5(4)7;1-2/h3-11,13-14H,12H2,1-2H3;2-10,12-13,23H,11H2,1H3,(H,20,22);3-6,8-9,15H,7H2,1-2H3;2-3H,7H2,1H3;2H,1H3. The van der Waals surface area contributed by atoms with Gasteiger partial charge in [0.05, 0.1) is 111 Å². The minimum absolute atomic E-state index is 0.0254. The highest BCUT2D eigenvalue weighted by Gasteiger charge is 2.31. The summed E-state index contributed by atoms with van der Waals surface area (Å²) in [6.07, 6.45) is 0. The van der Waals surface area contributed by atoms with Crippen LogP contribution in [0.4, 0.5) is 22.7 Å². The summed E-state index contributed by atoms with van der Waals surface area (Å²) in [7, 11) is 1.71. The summed E-state index contributed by atoms with van der Waals surface area (Å²) in [6.45, 7) is 0.748. The molecule has 9 rings (SSSR count). The average Bonchev–Trinajstić information content (AvgIpc) is 2.26. The molecule has 0 bridgehead atoms. The summed E-state index contributed by atoms with van der Waals surface area (Å²) in [4.78, 5) is 46.6. The Balaban J connectivity index is 0.000000220. The fourth-order valence-corrected chi connectivity index (χ4v) is 13.7. The molecule has 0 saturated carbocycles. The van der Waals surface area contributed by atoms with Gasteiger partial charge in [0.2, 0.25) is 0 Å². The molecule has 4 aromatic heterocycles. The summed E-state index contributed by atoms with van der Waals surface area (Å²) < 4.78 is 85.4.